The Morgan fingerprint density at radius 1 is 0.643 bits per heavy atom. The van der Waals surface area contributed by atoms with Gasteiger partial charge < -0.3 is 29.5 Å². The van der Waals surface area contributed by atoms with Crippen molar-refractivity contribution in [1.29, 1.82) is 0 Å². The van der Waals surface area contributed by atoms with E-state index >= 15 is 0 Å². The topological polar surface area (TPSA) is 99.5 Å². The van der Waals surface area contributed by atoms with Gasteiger partial charge in [0.2, 0.25) is 0 Å². The van der Waals surface area contributed by atoms with Crippen LogP contribution in [-0.2, 0) is 9.47 Å². The largest absolute Gasteiger partial charge is 0.447 e. The summed E-state index contributed by atoms with van der Waals surface area (Å²) in [6, 6.07) is 0. The number of rotatable bonds is 6. The third-order valence-corrected chi connectivity index (χ3v) is 2.21. The second-order valence-electron chi connectivity index (χ2n) is 3.70. The monoisotopic (exact) mass is 414 g/mol. The first-order chi connectivity index (χ1) is 13.4. The molecule has 0 radical (unpaired) electrons. The number of nitrogens with zero attached hydrogens (tertiary/aromatic N) is 2. The number of hydrogen-bond donors (Lipinski definition) is 2. The maximum absolute atomic E-state index is 10.7. The molecule has 0 rings (SSSR count). The molecule has 0 saturated heterocycles. The van der Waals surface area contributed by atoms with Gasteiger partial charge in [-0.15, -0.1) is 0 Å². The minimum atomic E-state index is -0.392. The van der Waals surface area contributed by atoms with E-state index in [4.69, 9.17) is 10.2 Å². The van der Waals surface area contributed by atoms with Crippen LogP contribution in [-0.4, -0.2) is 85.8 Å². The Kier molecular flexibility index (Phi) is 65.4. The molecule has 28 heavy (non-hydrogen) atoms. The Morgan fingerprint density at radius 2 is 0.857 bits per heavy atom. The molecule has 0 aromatic rings. The fraction of sp³-hybridized carbons (Fsp3) is 0.900. The van der Waals surface area contributed by atoms with Crippen molar-refractivity contribution in [2.45, 2.75) is 69.2 Å². The Hall–Kier alpha value is -1.54. The van der Waals surface area contributed by atoms with Crippen molar-refractivity contribution in [3.8, 4) is 0 Å². The standard InChI is InChI=1S/2C6H13NO3.4C2H6/c2*1-3-7(2)6(9)10-5-4-8;4*1-2/h2*8H,3-5H2,1-2H3;4*1-2H3. The van der Waals surface area contributed by atoms with Gasteiger partial charge in [-0.05, 0) is 13.8 Å². The second-order valence-corrected chi connectivity index (χ2v) is 3.70. The molecule has 8 nitrogen and oxygen atoms in total. The molecule has 0 bridgehead atoms. The molecule has 176 valence electrons. The first kappa shape index (κ1) is 41.0. The van der Waals surface area contributed by atoms with Crippen LogP contribution in [0.25, 0.3) is 0 Å². The Balaban J connectivity index is -0.0000000635. The van der Waals surface area contributed by atoms with Crippen LogP contribution >= 0.6 is 0 Å². The maximum Gasteiger partial charge on any atom is 0.409 e. The van der Waals surface area contributed by atoms with Gasteiger partial charge in [0.25, 0.3) is 0 Å². The van der Waals surface area contributed by atoms with Gasteiger partial charge >= 0.3 is 12.2 Å². The van der Waals surface area contributed by atoms with E-state index in [9.17, 15) is 9.59 Å². The second kappa shape index (κ2) is 44.7. The zero-order valence-electron chi connectivity index (χ0n) is 20.7. The molecule has 0 atom stereocenters. The fourth-order valence-electron chi connectivity index (χ4n) is 0.744. The lowest BCUT2D eigenvalue weighted by atomic mass is 10.7. The van der Waals surface area contributed by atoms with E-state index < -0.39 is 12.2 Å². The molecule has 0 saturated carbocycles. The molecule has 2 N–H and O–H groups in total. The summed E-state index contributed by atoms with van der Waals surface area (Å²) in [4.78, 5) is 24.3. The van der Waals surface area contributed by atoms with Gasteiger partial charge in [-0.1, -0.05) is 55.4 Å². The van der Waals surface area contributed by atoms with Gasteiger partial charge in [0.15, 0.2) is 0 Å². The van der Waals surface area contributed by atoms with Crippen LogP contribution in [0.4, 0.5) is 9.59 Å². The molecule has 0 spiro atoms. The molecule has 0 aromatic carbocycles. The van der Waals surface area contributed by atoms with Gasteiger partial charge in [-0.25, -0.2) is 9.59 Å². The lowest BCUT2D eigenvalue weighted by molar-refractivity contribution is 0.0920. The molecular weight excluding hydrogens is 364 g/mol. The van der Waals surface area contributed by atoms with Gasteiger partial charge in [0.05, 0.1) is 13.2 Å². The zero-order valence-corrected chi connectivity index (χ0v) is 20.7. The minimum Gasteiger partial charge on any atom is -0.447 e. The maximum atomic E-state index is 10.7. The third kappa shape index (κ3) is 39.5. The highest BCUT2D eigenvalue weighted by molar-refractivity contribution is 5.67. The Bertz CT molecular complexity index is 241. The molecule has 0 aliphatic heterocycles. The lowest BCUT2D eigenvalue weighted by Gasteiger charge is -2.13. The first-order valence-corrected chi connectivity index (χ1v) is 10.4. The van der Waals surface area contributed by atoms with E-state index in [0.29, 0.717) is 13.1 Å². The van der Waals surface area contributed by atoms with E-state index in [0.717, 1.165) is 0 Å². The van der Waals surface area contributed by atoms with Crippen molar-refractivity contribution in [2.24, 2.45) is 0 Å². The number of aliphatic hydroxyl groups excluding tert-OH is 2. The highest BCUT2D eigenvalue weighted by Crippen LogP contribution is 1.88. The van der Waals surface area contributed by atoms with E-state index in [2.05, 4.69) is 9.47 Å². The molecule has 8 heteroatoms. The van der Waals surface area contributed by atoms with Crippen molar-refractivity contribution >= 4 is 12.2 Å². The number of carbonyl (C=O) groups is 2. The average Bonchev–Trinajstić information content (AvgIpc) is 2.80. The van der Waals surface area contributed by atoms with Gasteiger partial charge in [0, 0.05) is 27.2 Å². The predicted molar refractivity (Wildman–Crippen MR) is 119 cm³/mol. The van der Waals surface area contributed by atoms with Crippen LogP contribution in [0.1, 0.15) is 69.2 Å². The molecule has 0 unspecified atom stereocenters. The average molecular weight is 415 g/mol. The van der Waals surface area contributed by atoms with Crippen molar-refractivity contribution < 1.29 is 29.3 Å². The predicted octanol–water partition coefficient (Wildman–Crippen LogP) is 4.24. The number of ether oxygens (including phenoxy) is 2. The Labute approximate surface area is 174 Å². The van der Waals surface area contributed by atoms with Crippen molar-refractivity contribution in [1.82, 2.24) is 9.80 Å². The van der Waals surface area contributed by atoms with Crippen LogP contribution in [0.3, 0.4) is 0 Å². The van der Waals surface area contributed by atoms with Crippen LogP contribution in [0.2, 0.25) is 0 Å². The summed E-state index contributed by atoms with van der Waals surface area (Å²) >= 11 is 0. The van der Waals surface area contributed by atoms with Crippen LogP contribution in [0, 0.1) is 0 Å². The Morgan fingerprint density at radius 3 is 1.00 bits per heavy atom. The normalized spacial score (nSPS) is 7.36. The summed E-state index contributed by atoms with van der Waals surface area (Å²) in [7, 11) is 3.28. The molecule has 0 fully saturated rings. The summed E-state index contributed by atoms with van der Waals surface area (Å²) in [5.74, 6) is 0. The molecule has 2 amide bonds. The molecule has 0 aliphatic carbocycles. The van der Waals surface area contributed by atoms with Crippen LogP contribution in [0.5, 0.6) is 0 Å². The number of amides is 2. The van der Waals surface area contributed by atoms with Crippen molar-refractivity contribution in [3.63, 3.8) is 0 Å². The van der Waals surface area contributed by atoms with E-state index in [-0.39, 0.29) is 26.4 Å². The minimum absolute atomic E-state index is 0.0726. The quantitative estimate of drug-likeness (QED) is 0.674. The highest BCUT2D eigenvalue weighted by atomic mass is 16.6. The summed E-state index contributed by atoms with van der Waals surface area (Å²) in [6.07, 6.45) is -0.784. The molecular formula is C20H50N2O6. The number of aliphatic hydroxyl groups is 2. The summed E-state index contributed by atoms with van der Waals surface area (Å²) < 4.78 is 9.16. The lowest BCUT2D eigenvalue weighted by Crippen LogP contribution is -2.27. The SMILES string of the molecule is CC.CC.CC.CC.CCN(C)C(=O)OCCO.CCN(C)C(=O)OCCO. The summed E-state index contributed by atoms with van der Waals surface area (Å²) in [6.45, 7) is 20.8. The first-order valence-electron chi connectivity index (χ1n) is 10.4. The summed E-state index contributed by atoms with van der Waals surface area (Å²) in [5, 5.41) is 16.5. The molecule has 0 aliphatic rings. The molecule has 0 heterocycles. The van der Waals surface area contributed by atoms with Crippen molar-refractivity contribution in [3.05, 3.63) is 0 Å². The zero-order chi connectivity index (χ0) is 24.0. The van der Waals surface area contributed by atoms with Crippen molar-refractivity contribution in [2.75, 3.05) is 53.6 Å². The van der Waals surface area contributed by atoms with E-state index in [1.807, 2.05) is 69.2 Å². The van der Waals surface area contributed by atoms with E-state index in [1.165, 1.54) is 9.80 Å². The van der Waals surface area contributed by atoms with Crippen LogP contribution in [0.15, 0.2) is 0 Å². The van der Waals surface area contributed by atoms with Gasteiger partial charge in [0.1, 0.15) is 13.2 Å². The van der Waals surface area contributed by atoms with E-state index in [1.54, 1.807) is 14.1 Å². The van der Waals surface area contributed by atoms with Crippen LogP contribution < -0.4 is 0 Å². The number of hydrogen-bond acceptors (Lipinski definition) is 6. The van der Waals surface area contributed by atoms with Gasteiger partial charge in [-0.2, -0.15) is 0 Å². The fourth-order valence-corrected chi connectivity index (χ4v) is 0.744. The van der Waals surface area contributed by atoms with Gasteiger partial charge in [-0.3, -0.25) is 0 Å². The molecule has 0 aromatic heterocycles. The highest BCUT2D eigenvalue weighted by Gasteiger charge is 2.05. The summed E-state index contributed by atoms with van der Waals surface area (Å²) in [5.41, 5.74) is 0. The smallest absolute Gasteiger partial charge is 0.409 e. The third-order valence-electron chi connectivity index (χ3n) is 2.21. The number of carbonyl (C=O) groups excluding carboxylic acids is 2.